The van der Waals surface area contributed by atoms with E-state index < -0.39 is 0 Å². The van der Waals surface area contributed by atoms with Crippen molar-refractivity contribution in [2.45, 2.75) is 50.9 Å². The minimum absolute atomic E-state index is 0.521. The van der Waals surface area contributed by atoms with E-state index in [0.717, 1.165) is 21.9 Å². The van der Waals surface area contributed by atoms with E-state index in [1.165, 1.54) is 32.1 Å². The van der Waals surface area contributed by atoms with Gasteiger partial charge in [-0.1, -0.05) is 18.5 Å². The first-order valence-electron chi connectivity index (χ1n) is 6.38. The topological polar surface area (TPSA) is 25.8 Å². The predicted molar refractivity (Wildman–Crippen MR) is 72.5 cm³/mol. The second kappa shape index (κ2) is 4.51. The molecule has 0 N–H and O–H groups in total. The minimum atomic E-state index is 0.521. The molecule has 2 aliphatic rings. The van der Waals surface area contributed by atoms with Crippen molar-refractivity contribution in [3.8, 4) is 0 Å². The molecule has 17 heavy (non-hydrogen) atoms. The predicted octanol–water partition coefficient (Wildman–Crippen LogP) is 4.67. The van der Waals surface area contributed by atoms with Gasteiger partial charge in [0.25, 0.3) is 0 Å². The molecule has 1 aromatic heterocycles. The van der Waals surface area contributed by atoms with Crippen LogP contribution in [0.1, 0.15) is 62.4 Å². The maximum absolute atomic E-state index is 6.21. The van der Waals surface area contributed by atoms with Gasteiger partial charge < -0.3 is 0 Å². The second-order valence-corrected chi connectivity index (χ2v) is 6.61. The van der Waals surface area contributed by atoms with E-state index in [4.69, 9.17) is 16.6 Å². The fourth-order valence-corrected chi connectivity index (χ4v) is 3.39. The Kier molecular flexibility index (Phi) is 3.16. The molecule has 2 saturated carbocycles. The van der Waals surface area contributed by atoms with Gasteiger partial charge in [-0.2, -0.15) is 0 Å². The molecule has 2 nitrogen and oxygen atoms in total. The van der Waals surface area contributed by atoms with Crippen LogP contribution >= 0.6 is 27.5 Å². The van der Waals surface area contributed by atoms with E-state index in [2.05, 4.69) is 27.8 Å². The molecule has 0 bridgehead atoms. The van der Waals surface area contributed by atoms with Crippen LogP contribution in [0.25, 0.3) is 0 Å². The lowest BCUT2D eigenvalue weighted by Crippen LogP contribution is -2.05. The molecule has 0 aliphatic heterocycles. The zero-order valence-electron chi connectivity index (χ0n) is 9.92. The Morgan fingerprint density at radius 2 is 1.82 bits per heavy atom. The van der Waals surface area contributed by atoms with Crippen LogP contribution in [0.5, 0.6) is 0 Å². The molecule has 2 fully saturated rings. The molecular weight excluding hydrogens is 300 g/mol. The molecule has 2 atom stereocenters. The van der Waals surface area contributed by atoms with E-state index in [1.54, 1.807) is 0 Å². The van der Waals surface area contributed by atoms with Gasteiger partial charge in [0.15, 0.2) is 0 Å². The quantitative estimate of drug-likeness (QED) is 0.741. The SMILES string of the molecule is CC1CCC(c2nc(Cl)c(Br)c(C3CC3)n2)C1. The maximum Gasteiger partial charge on any atom is 0.147 e. The van der Waals surface area contributed by atoms with Crippen molar-refractivity contribution in [1.82, 2.24) is 9.97 Å². The van der Waals surface area contributed by atoms with Gasteiger partial charge in [0.05, 0.1) is 10.2 Å². The number of halogens is 2. The Morgan fingerprint density at radius 3 is 2.41 bits per heavy atom. The van der Waals surface area contributed by atoms with Crippen LogP contribution in [0.15, 0.2) is 4.47 Å². The minimum Gasteiger partial charge on any atom is -0.236 e. The molecule has 0 aromatic carbocycles. The van der Waals surface area contributed by atoms with Crippen LogP contribution in [0.3, 0.4) is 0 Å². The molecule has 1 heterocycles. The van der Waals surface area contributed by atoms with E-state index >= 15 is 0 Å². The van der Waals surface area contributed by atoms with Gasteiger partial charge in [0, 0.05) is 11.8 Å². The molecular formula is C13H16BrClN2. The van der Waals surface area contributed by atoms with Crippen molar-refractivity contribution in [1.29, 1.82) is 0 Å². The Bertz CT molecular complexity index is 445. The molecule has 3 rings (SSSR count). The highest BCUT2D eigenvalue weighted by atomic mass is 79.9. The number of aromatic nitrogens is 2. The average Bonchev–Trinajstić information content (AvgIpc) is 3.05. The summed E-state index contributed by atoms with van der Waals surface area (Å²) in [5, 5.41) is 0.594. The first kappa shape index (κ1) is 11.9. The van der Waals surface area contributed by atoms with Crippen molar-refractivity contribution in [2.24, 2.45) is 5.92 Å². The Hall–Kier alpha value is -0.150. The van der Waals surface area contributed by atoms with Gasteiger partial charge in [-0.15, -0.1) is 0 Å². The largest absolute Gasteiger partial charge is 0.236 e. The Labute approximate surface area is 115 Å². The van der Waals surface area contributed by atoms with Gasteiger partial charge in [0.1, 0.15) is 11.0 Å². The van der Waals surface area contributed by atoms with E-state index in [1.807, 2.05) is 0 Å². The average molecular weight is 316 g/mol. The molecule has 92 valence electrons. The van der Waals surface area contributed by atoms with Gasteiger partial charge in [-0.3, -0.25) is 0 Å². The normalized spacial score (nSPS) is 28.6. The van der Waals surface area contributed by atoms with E-state index in [9.17, 15) is 0 Å². The highest BCUT2D eigenvalue weighted by Crippen LogP contribution is 2.45. The van der Waals surface area contributed by atoms with Crippen molar-refractivity contribution in [2.75, 3.05) is 0 Å². The third kappa shape index (κ3) is 2.37. The highest BCUT2D eigenvalue weighted by Gasteiger charge is 2.31. The summed E-state index contributed by atoms with van der Waals surface area (Å²) in [5.74, 6) is 2.91. The molecule has 1 aromatic rings. The fourth-order valence-electron chi connectivity index (χ4n) is 2.70. The van der Waals surface area contributed by atoms with Crippen molar-refractivity contribution >= 4 is 27.5 Å². The number of hydrogen-bond donors (Lipinski definition) is 0. The van der Waals surface area contributed by atoms with Crippen LogP contribution in [0.4, 0.5) is 0 Å². The smallest absolute Gasteiger partial charge is 0.147 e. The first-order chi connectivity index (χ1) is 8.15. The summed E-state index contributed by atoms with van der Waals surface area (Å²) in [7, 11) is 0. The third-order valence-electron chi connectivity index (χ3n) is 3.88. The van der Waals surface area contributed by atoms with Crippen molar-refractivity contribution < 1.29 is 0 Å². The van der Waals surface area contributed by atoms with Gasteiger partial charge >= 0.3 is 0 Å². The summed E-state index contributed by atoms with van der Waals surface area (Å²) in [6.45, 7) is 2.31. The van der Waals surface area contributed by atoms with Crippen molar-refractivity contribution in [3.63, 3.8) is 0 Å². The summed E-state index contributed by atoms with van der Waals surface area (Å²) in [6.07, 6.45) is 6.20. The zero-order valence-corrected chi connectivity index (χ0v) is 12.3. The third-order valence-corrected chi connectivity index (χ3v) is 5.16. The second-order valence-electron chi connectivity index (χ2n) is 5.46. The van der Waals surface area contributed by atoms with Crippen LogP contribution in [-0.4, -0.2) is 9.97 Å². The fraction of sp³-hybridized carbons (Fsp3) is 0.692. The Balaban J connectivity index is 1.94. The molecule has 0 saturated heterocycles. The molecule has 0 spiro atoms. The van der Waals surface area contributed by atoms with Crippen LogP contribution in [0, 0.1) is 5.92 Å². The van der Waals surface area contributed by atoms with Gasteiger partial charge in [-0.25, -0.2) is 9.97 Å². The van der Waals surface area contributed by atoms with E-state index in [-0.39, 0.29) is 0 Å². The summed E-state index contributed by atoms with van der Waals surface area (Å²) >= 11 is 9.73. The van der Waals surface area contributed by atoms with Gasteiger partial charge in [-0.05, 0) is 54.0 Å². The summed E-state index contributed by atoms with van der Waals surface area (Å²) in [6, 6.07) is 0. The highest BCUT2D eigenvalue weighted by molar-refractivity contribution is 9.10. The molecule has 4 heteroatoms. The van der Waals surface area contributed by atoms with Gasteiger partial charge in [0.2, 0.25) is 0 Å². The number of rotatable bonds is 2. The number of hydrogen-bond acceptors (Lipinski definition) is 2. The number of nitrogens with zero attached hydrogens (tertiary/aromatic N) is 2. The zero-order chi connectivity index (χ0) is 12.0. The van der Waals surface area contributed by atoms with E-state index in [0.29, 0.717) is 17.0 Å². The van der Waals surface area contributed by atoms with Crippen LogP contribution < -0.4 is 0 Å². The standard InChI is InChI=1S/C13H16BrClN2/c1-7-2-3-9(6-7)13-16-11(8-4-5-8)10(14)12(15)17-13/h7-9H,2-6H2,1H3. The molecule has 0 amide bonds. The molecule has 2 unspecified atom stereocenters. The Morgan fingerprint density at radius 1 is 1.12 bits per heavy atom. The summed E-state index contributed by atoms with van der Waals surface area (Å²) in [4.78, 5) is 9.24. The first-order valence-corrected chi connectivity index (χ1v) is 7.55. The molecule has 2 aliphatic carbocycles. The summed E-state index contributed by atoms with van der Waals surface area (Å²) in [5.41, 5.74) is 1.14. The van der Waals surface area contributed by atoms with Crippen molar-refractivity contribution in [3.05, 3.63) is 21.1 Å². The molecule has 0 radical (unpaired) electrons. The van der Waals surface area contributed by atoms with Crippen LogP contribution in [0.2, 0.25) is 5.15 Å². The summed E-state index contributed by atoms with van der Waals surface area (Å²) < 4.78 is 0.913. The monoisotopic (exact) mass is 314 g/mol. The lowest BCUT2D eigenvalue weighted by atomic mass is 10.1. The van der Waals surface area contributed by atoms with Crippen LogP contribution in [-0.2, 0) is 0 Å². The lowest BCUT2D eigenvalue weighted by Gasteiger charge is -2.12. The lowest BCUT2D eigenvalue weighted by molar-refractivity contribution is 0.583. The maximum atomic E-state index is 6.21.